The Labute approximate surface area is 148 Å². The van der Waals surface area contributed by atoms with Crippen molar-refractivity contribution in [1.29, 1.82) is 0 Å². The van der Waals surface area contributed by atoms with Gasteiger partial charge in [0.05, 0.1) is 11.3 Å². The summed E-state index contributed by atoms with van der Waals surface area (Å²) in [6, 6.07) is 2.03. The fraction of sp³-hybridized carbons (Fsp3) is 0.632. The van der Waals surface area contributed by atoms with E-state index in [2.05, 4.69) is 31.7 Å². The van der Waals surface area contributed by atoms with E-state index in [1.54, 1.807) is 0 Å². The summed E-state index contributed by atoms with van der Waals surface area (Å²) in [6.45, 7) is 7.77. The number of aromatic amines is 1. The van der Waals surface area contributed by atoms with Gasteiger partial charge in [-0.25, -0.2) is 9.97 Å². The Morgan fingerprint density at radius 1 is 1.20 bits per heavy atom. The number of amides is 1. The Bertz CT molecular complexity index is 762. The number of nitrogens with zero attached hydrogens (tertiary/aromatic N) is 4. The first-order valence-corrected chi connectivity index (χ1v) is 9.47. The molecule has 1 N–H and O–H groups in total. The summed E-state index contributed by atoms with van der Waals surface area (Å²) in [6.07, 6.45) is 6.20. The van der Waals surface area contributed by atoms with Gasteiger partial charge in [-0.3, -0.25) is 4.79 Å². The summed E-state index contributed by atoms with van der Waals surface area (Å²) in [4.78, 5) is 29.7. The molecule has 134 valence electrons. The van der Waals surface area contributed by atoms with Gasteiger partial charge in [-0.2, -0.15) is 0 Å². The Balaban J connectivity index is 1.52. The van der Waals surface area contributed by atoms with Crippen molar-refractivity contribution in [2.75, 3.05) is 31.1 Å². The number of rotatable bonds is 2. The number of anilines is 1. The zero-order chi connectivity index (χ0) is 17.4. The number of hydrogen-bond donors (Lipinski definition) is 1. The SMILES string of the molecule is Cc1nc(N2CCC[C@H](C(=O)N3CCC(C)CC3)C2)c2cc[nH]c2n1. The molecular weight excluding hydrogens is 314 g/mol. The van der Waals surface area contributed by atoms with Crippen LogP contribution < -0.4 is 4.90 Å². The third-order valence-corrected chi connectivity index (χ3v) is 5.67. The summed E-state index contributed by atoms with van der Waals surface area (Å²) in [7, 11) is 0. The van der Waals surface area contributed by atoms with Gasteiger partial charge >= 0.3 is 0 Å². The number of fused-ring (bicyclic) bond motifs is 1. The molecular formula is C19H27N5O. The number of carbonyl (C=O) groups is 1. The predicted molar refractivity (Wildman–Crippen MR) is 98.5 cm³/mol. The van der Waals surface area contributed by atoms with Gasteiger partial charge in [0, 0.05) is 32.4 Å². The molecule has 0 saturated carbocycles. The molecule has 4 heterocycles. The second kappa shape index (κ2) is 6.65. The molecule has 0 unspecified atom stereocenters. The van der Waals surface area contributed by atoms with Crippen molar-refractivity contribution >= 4 is 22.8 Å². The normalized spacial score (nSPS) is 22.6. The van der Waals surface area contributed by atoms with Crippen LogP contribution >= 0.6 is 0 Å². The molecule has 2 aliphatic rings. The highest BCUT2D eigenvalue weighted by Crippen LogP contribution is 2.29. The molecule has 2 aromatic rings. The maximum atomic E-state index is 13.0. The van der Waals surface area contributed by atoms with Crippen LogP contribution in [0, 0.1) is 18.8 Å². The molecule has 6 heteroatoms. The second-order valence-electron chi connectivity index (χ2n) is 7.63. The number of carbonyl (C=O) groups excluding carboxylic acids is 1. The molecule has 2 fully saturated rings. The van der Waals surface area contributed by atoms with Crippen LogP contribution in [0.4, 0.5) is 5.82 Å². The third kappa shape index (κ3) is 3.22. The van der Waals surface area contributed by atoms with Gasteiger partial charge in [0.1, 0.15) is 17.3 Å². The molecule has 4 rings (SSSR count). The van der Waals surface area contributed by atoms with Crippen molar-refractivity contribution in [2.24, 2.45) is 11.8 Å². The lowest BCUT2D eigenvalue weighted by Crippen LogP contribution is -2.47. The molecule has 0 radical (unpaired) electrons. The van der Waals surface area contributed by atoms with Gasteiger partial charge in [0.15, 0.2) is 0 Å². The second-order valence-corrected chi connectivity index (χ2v) is 7.63. The van der Waals surface area contributed by atoms with E-state index in [4.69, 9.17) is 0 Å². The number of H-pyrrole nitrogens is 1. The zero-order valence-electron chi connectivity index (χ0n) is 15.2. The summed E-state index contributed by atoms with van der Waals surface area (Å²) in [5, 5.41) is 1.05. The fourth-order valence-electron chi connectivity index (χ4n) is 4.13. The highest BCUT2D eigenvalue weighted by molar-refractivity contribution is 5.88. The quantitative estimate of drug-likeness (QED) is 0.912. The lowest BCUT2D eigenvalue weighted by atomic mass is 9.93. The minimum absolute atomic E-state index is 0.0893. The largest absolute Gasteiger partial charge is 0.355 e. The minimum atomic E-state index is 0.0893. The number of likely N-dealkylation sites (tertiary alicyclic amines) is 1. The maximum Gasteiger partial charge on any atom is 0.227 e. The van der Waals surface area contributed by atoms with Crippen LogP contribution in [-0.4, -0.2) is 51.9 Å². The van der Waals surface area contributed by atoms with Crippen molar-refractivity contribution in [2.45, 2.75) is 39.5 Å². The molecule has 6 nitrogen and oxygen atoms in total. The van der Waals surface area contributed by atoms with Crippen molar-refractivity contribution in [3.05, 3.63) is 18.1 Å². The number of hydrogen-bond acceptors (Lipinski definition) is 4. The third-order valence-electron chi connectivity index (χ3n) is 5.67. The standard InChI is InChI=1S/C19H27N5O/c1-13-6-10-23(11-7-13)19(25)15-4-3-9-24(12-15)18-16-5-8-20-17(16)21-14(2)22-18/h5,8,13,15H,3-4,6-7,9-12H2,1-2H3,(H,20,21,22)/t15-/m0/s1. The molecule has 0 bridgehead atoms. The Hall–Kier alpha value is -2.11. The van der Waals surface area contributed by atoms with Gasteiger partial charge in [-0.1, -0.05) is 6.92 Å². The summed E-state index contributed by atoms with van der Waals surface area (Å²) < 4.78 is 0. The average molecular weight is 341 g/mol. The van der Waals surface area contributed by atoms with E-state index in [0.29, 0.717) is 5.91 Å². The van der Waals surface area contributed by atoms with Crippen molar-refractivity contribution in [1.82, 2.24) is 19.9 Å². The highest BCUT2D eigenvalue weighted by atomic mass is 16.2. The van der Waals surface area contributed by atoms with E-state index in [-0.39, 0.29) is 5.92 Å². The van der Waals surface area contributed by atoms with Gasteiger partial charge in [-0.15, -0.1) is 0 Å². The van der Waals surface area contributed by atoms with E-state index in [9.17, 15) is 4.79 Å². The Kier molecular flexibility index (Phi) is 4.36. The number of aryl methyl sites for hydroxylation is 1. The van der Waals surface area contributed by atoms with Crippen LogP contribution in [0.1, 0.15) is 38.4 Å². The fourth-order valence-corrected chi connectivity index (χ4v) is 4.13. The summed E-state index contributed by atoms with van der Waals surface area (Å²) in [5.41, 5.74) is 0.876. The maximum absolute atomic E-state index is 13.0. The van der Waals surface area contributed by atoms with E-state index in [1.807, 2.05) is 19.2 Å². The molecule has 0 aromatic carbocycles. The van der Waals surface area contributed by atoms with Crippen LogP contribution in [0.3, 0.4) is 0 Å². The van der Waals surface area contributed by atoms with Crippen molar-refractivity contribution in [3.63, 3.8) is 0 Å². The highest BCUT2D eigenvalue weighted by Gasteiger charge is 2.32. The topological polar surface area (TPSA) is 65.1 Å². The average Bonchev–Trinajstić information content (AvgIpc) is 3.09. The van der Waals surface area contributed by atoms with Crippen LogP contribution in [-0.2, 0) is 4.79 Å². The minimum Gasteiger partial charge on any atom is -0.355 e. The van der Waals surface area contributed by atoms with Crippen LogP contribution in [0.5, 0.6) is 0 Å². The monoisotopic (exact) mass is 341 g/mol. The van der Waals surface area contributed by atoms with Crippen molar-refractivity contribution in [3.8, 4) is 0 Å². The molecule has 1 atom stereocenters. The van der Waals surface area contributed by atoms with Gasteiger partial charge in [0.2, 0.25) is 5.91 Å². The molecule has 1 amide bonds. The van der Waals surface area contributed by atoms with Crippen LogP contribution in [0.2, 0.25) is 0 Å². The van der Waals surface area contributed by atoms with E-state index >= 15 is 0 Å². The lowest BCUT2D eigenvalue weighted by Gasteiger charge is -2.38. The molecule has 0 spiro atoms. The first-order valence-electron chi connectivity index (χ1n) is 9.47. The van der Waals surface area contributed by atoms with Gasteiger partial charge < -0.3 is 14.8 Å². The van der Waals surface area contributed by atoms with Crippen LogP contribution in [0.15, 0.2) is 12.3 Å². The Morgan fingerprint density at radius 3 is 2.80 bits per heavy atom. The smallest absolute Gasteiger partial charge is 0.227 e. The number of piperidine rings is 2. The van der Waals surface area contributed by atoms with Crippen molar-refractivity contribution < 1.29 is 4.79 Å². The van der Waals surface area contributed by atoms with E-state index < -0.39 is 0 Å². The summed E-state index contributed by atoms with van der Waals surface area (Å²) in [5.74, 6) is 2.91. The van der Waals surface area contributed by atoms with Gasteiger partial charge in [-0.05, 0) is 44.6 Å². The first kappa shape index (κ1) is 16.4. The van der Waals surface area contributed by atoms with Gasteiger partial charge in [0.25, 0.3) is 0 Å². The van der Waals surface area contributed by atoms with Crippen LogP contribution in [0.25, 0.3) is 11.0 Å². The molecule has 2 aliphatic heterocycles. The predicted octanol–water partition coefficient (Wildman–Crippen LogP) is 2.74. The zero-order valence-corrected chi connectivity index (χ0v) is 15.2. The van der Waals surface area contributed by atoms with E-state index in [1.165, 1.54) is 0 Å². The molecule has 2 aromatic heterocycles. The first-order chi connectivity index (χ1) is 12.1. The Morgan fingerprint density at radius 2 is 2.00 bits per heavy atom. The number of nitrogens with one attached hydrogen (secondary N) is 1. The number of aromatic nitrogens is 3. The molecule has 0 aliphatic carbocycles. The molecule has 2 saturated heterocycles. The summed E-state index contributed by atoms with van der Waals surface area (Å²) >= 11 is 0. The molecule has 25 heavy (non-hydrogen) atoms. The lowest BCUT2D eigenvalue weighted by molar-refractivity contribution is -0.137. The van der Waals surface area contributed by atoms with E-state index in [0.717, 1.165) is 80.5 Å².